The van der Waals surface area contributed by atoms with Gasteiger partial charge in [-0.05, 0) is 48.0 Å². The highest BCUT2D eigenvalue weighted by Crippen LogP contribution is 2.34. The molecule has 1 heterocycles. The van der Waals surface area contributed by atoms with Gasteiger partial charge in [-0.25, -0.2) is 0 Å². The second-order valence-corrected chi connectivity index (χ2v) is 6.03. The largest absolute Gasteiger partial charge is 0.456 e. The number of allylic oxidation sites excluding steroid dienone is 1. The van der Waals surface area contributed by atoms with Gasteiger partial charge < -0.3 is 4.42 Å². The zero-order valence-electron chi connectivity index (χ0n) is 14.0. The molecule has 0 aliphatic carbocycles. The van der Waals surface area contributed by atoms with Gasteiger partial charge in [-0.1, -0.05) is 11.6 Å². The number of hydrogen-bond acceptors (Lipinski definition) is 6. The first-order valence-electron chi connectivity index (χ1n) is 7.80. The smallest absolute Gasteiger partial charge is 0.281 e. The number of rotatable bonds is 5. The summed E-state index contributed by atoms with van der Waals surface area (Å²) in [6.07, 6.45) is 1.45. The van der Waals surface area contributed by atoms with E-state index in [2.05, 4.69) is 0 Å². The Labute approximate surface area is 163 Å². The fourth-order valence-electron chi connectivity index (χ4n) is 2.52. The zero-order chi connectivity index (χ0) is 20.3. The number of nitro benzene ring substituents is 2. The summed E-state index contributed by atoms with van der Waals surface area (Å²) < 4.78 is 5.63. The van der Waals surface area contributed by atoms with E-state index in [1.165, 1.54) is 48.5 Å². The zero-order valence-corrected chi connectivity index (χ0v) is 14.8. The van der Waals surface area contributed by atoms with Crippen molar-refractivity contribution in [3.63, 3.8) is 0 Å². The maximum atomic E-state index is 11.2. The van der Waals surface area contributed by atoms with Crippen LogP contribution in [0.2, 0.25) is 5.02 Å². The molecule has 0 bridgehead atoms. The highest BCUT2D eigenvalue weighted by molar-refractivity contribution is 6.30. The maximum absolute atomic E-state index is 11.2. The van der Waals surface area contributed by atoms with Crippen LogP contribution in [0, 0.1) is 31.6 Å². The molecule has 0 N–H and O–H groups in total. The lowest BCUT2D eigenvalue weighted by Gasteiger charge is -2.01. The molecule has 0 aliphatic heterocycles. The van der Waals surface area contributed by atoms with Gasteiger partial charge in [0, 0.05) is 23.2 Å². The first-order chi connectivity index (χ1) is 13.4. The van der Waals surface area contributed by atoms with Gasteiger partial charge in [0.1, 0.15) is 11.5 Å². The summed E-state index contributed by atoms with van der Waals surface area (Å²) in [6, 6.07) is 14.9. The number of nitrogens with zero attached hydrogens (tertiary/aromatic N) is 3. The number of hydrogen-bond donors (Lipinski definition) is 0. The quantitative estimate of drug-likeness (QED) is 0.320. The topological polar surface area (TPSA) is 123 Å². The number of benzene rings is 2. The molecule has 9 heteroatoms. The molecule has 0 spiro atoms. The molecule has 3 aromatic rings. The molecule has 2 aromatic carbocycles. The van der Waals surface area contributed by atoms with E-state index in [-0.39, 0.29) is 33.3 Å². The minimum atomic E-state index is -0.559. The molecule has 0 saturated heterocycles. The second-order valence-electron chi connectivity index (χ2n) is 5.59. The van der Waals surface area contributed by atoms with Crippen molar-refractivity contribution in [2.75, 3.05) is 0 Å². The molecule has 138 valence electrons. The monoisotopic (exact) mass is 395 g/mol. The van der Waals surface area contributed by atoms with Crippen molar-refractivity contribution >= 4 is 34.6 Å². The fourth-order valence-corrected chi connectivity index (χ4v) is 2.69. The summed E-state index contributed by atoms with van der Waals surface area (Å²) in [5, 5.41) is 31.6. The third kappa shape index (κ3) is 3.90. The van der Waals surface area contributed by atoms with Gasteiger partial charge in [0.15, 0.2) is 0 Å². The van der Waals surface area contributed by atoms with E-state index in [4.69, 9.17) is 16.0 Å². The van der Waals surface area contributed by atoms with Crippen molar-refractivity contribution in [2.24, 2.45) is 0 Å². The molecule has 8 nitrogen and oxygen atoms in total. The van der Waals surface area contributed by atoms with Crippen LogP contribution in [0.3, 0.4) is 0 Å². The van der Waals surface area contributed by atoms with Crippen LogP contribution in [-0.4, -0.2) is 9.85 Å². The molecule has 0 fully saturated rings. The summed E-state index contributed by atoms with van der Waals surface area (Å²) in [7, 11) is 0. The van der Waals surface area contributed by atoms with Gasteiger partial charge in [-0.15, -0.1) is 0 Å². The van der Waals surface area contributed by atoms with Crippen LogP contribution in [-0.2, 0) is 0 Å². The molecule has 28 heavy (non-hydrogen) atoms. The Balaban J connectivity index is 1.96. The van der Waals surface area contributed by atoms with Crippen molar-refractivity contribution in [3.8, 4) is 17.4 Å². The Kier molecular flexibility index (Phi) is 5.20. The van der Waals surface area contributed by atoms with Crippen LogP contribution >= 0.6 is 11.6 Å². The van der Waals surface area contributed by atoms with Crippen molar-refractivity contribution in [2.45, 2.75) is 0 Å². The average Bonchev–Trinajstić information content (AvgIpc) is 3.14. The lowest BCUT2D eigenvalue weighted by Crippen LogP contribution is -1.91. The van der Waals surface area contributed by atoms with Crippen LogP contribution in [0.15, 0.2) is 59.0 Å². The first-order valence-corrected chi connectivity index (χ1v) is 8.17. The number of nitro groups is 2. The maximum Gasteiger partial charge on any atom is 0.281 e. The average molecular weight is 396 g/mol. The van der Waals surface area contributed by atoms with Crippen LogP contribution in [0.1, 0.15) is 11.3 Å². The Hall–Kier alpha value is -3.96. The Morgan fingerprint density at radius 3 is 2.36 bits per heavy atom. The molecule has 0 radical (unpaired) electrons. The van der Waals surface area contributed by atoms with Gasteiger partial charge in [0.25, 0.3) is 11.4 Å². The van der Waals surface area contributed by atoms with E-state index in [1.807, 2.05) is 6.07 Å². The minimum Gasteiger partial charge on any atom is -0.456 e. The minimum absolute atomic E-state index is 0.0867. The van der Waals surface area contributed by atoms with Crippen LogP contribution in [0.5, 0.6) is 0 Å². The third-order valence-corrected chi connectivity index (χ3v) is 4.08. The predicted octanol–water partition coefficient (Wildman–Crippen LogP) is 5.48. The molecule has 0 unspecified atom stereocenters. The predicted molar refractivity (Wildman–Crippen MR) is 102 cm³/mol. The molecular formula is C19H10ClN3O5. The molecule has 0 saturated carbocycles. The van der Waals surface area contributed by atoms with E-state index < -0.39 is 9.85 Å². The Morgan fingerprint density at radius 2 is 1.75 bits per heavy atom. The molecule has 0 amide bonds. The second kappa shape index (κ2) is 7.73. The lowest BCUT2D eigenvalue weighted by molar-refractivity contribution is -0.384. The molecular weight excluding hydrogens is 386 g/mol. The van der Waals surface area contributed by atoms with Crippen molar-refractivity contribution < 1.29 is 14.3 Å². The summed E-state index contributed by atoms with van der Waals surface area (Å²) >= 11 is 5.82. The summed E-state index contributed by atoms with van der Waals surface area (Å²) in [5.74, 6) is 0.546. The standard InChI is InChI=1S/C19H10ClN3O5/c20-14-3-7-17(18(10-14)23(26)27)19-8-6-16(28-19)9-13(11-21)12-1-4-15(5-2-12)22(24)25/h1-10H/b13-9-. The van der Waals surface area contributed by atoms with Crippen LogP contribution in [0.25, 0.3) is 23.0 Å². The van der Waals surface area contributed by atoms with Gasteiger partial charge in [-0.2, -0.15) is 5.26 Å². The first kappa shape index (κ1) is 18.8. The summed E-state index contributed by atoms with van der Waals surface area (Å²) in [4.78, 5) is 20.9. The van der Waals surface area contributed by atoms with E-state index in [1.54, 1.807) is 12.1 Å². The van der Waals surface area contributed by atoms with Crippen molar-refractivity contribution in [3.05, 3.63) is 91.2 Å². The number of nitriles is 1. The highest BCUT2D eigenvalue weighted by atomic mass is 35.5. The molecule has 0 aliphatic rings. The van der Waals surface area contributed by atoms with E-state index in [9.17, 15) is 25.5 Å². The SMILES string of the molecule is N#C/C(=C/c1ccc(-c2ccc(Cl)cc2[N+](=O)[O-])o1)c1ccc([N+](=O)[O-])cc1. The lowest BCUT2D eigenvalue weighted by atomic mass is 10.1. The van der Waals surface area contributed by atoms with Crippen molar-refractivity contribution in [1.29, 1.82) is 5.26 Å². The summed E-state index contributed by atoms with van der Waals surface area (Å²) in [5.41, 5.74) is 0.664. The number of non-ortho nitro benzene ring substituents is 1. The Bertz CT molecular complexity index is 1140. The van der Waals surface area contributed by atoms with E-state index in [0.29, 0.717) is 11.3 Å². The fraction of sp³-hybridized carbons (Fsp3) is 0. The normalized spacial score (nSPS) is 11.1. The highest BCUT2D eigenvalue weighted by Gasteiger charge is 2.18. The molecule has 3 rings (SSSR count). The molecule has 1 aromatic heterocycles. The third-order valence-electron chi connectivity index (χ3n) is 3.84. The van der Waals surface area contributed by atoms with Gasteiger partial charge >= 0.3 is 0 Å². The van der Waals surface area contributed by atoms with Gasteiger partial charge in [0.05, 0.1) is 27.1 Å². The van der Waals surface area contributed by atoms with Crippen molar-refractivity contribution in [1.82, 2.24) is 0 Å². The van der Waals surface area contributed by atoms with Crippen LogP contribution < -0.4 is 0 Å². The number of furan rings is 1. The Morgan fingerprint density at radius 1 is 1.04 bits per heavy atom. The van der Waals surface area contributed by atoms with Gasteiger partial charge in [0.2, 0.25) is 0 Å². The van der Waals surface area contributed by atoms with E-state index >= 15 is 0 Å². The van der Waals surface area contributed by atoms with Crippen LogP contribution in [0.4, 0.5) is 11.4 Å². The number of halogens is 1. The summed E-state index contributed by atoms with van der Waals surface area (Å²) in [6.45, 7) is 0. The van der Waals surface area contributed by atoms with E-state index in [0.717, 1.165) is 0 Å². The molecule has 0 atom stereocenters. The van der Waals surface area contributed by atoms with Gasteiger partial charge in [-0.3, -0.25) is 20.2 Å².